The van der Waals surface area contributed by atoms with Gasteiger partial charge in [0.15, 0.2) is 17.8 Å². The Hall–Kier alpha value is -1.93. The molecule has 1 heterocycles. The highest BCUT2D eigenvalue weighted by Gasteiger charge is 2.33. The van der Waals surface area contributed by atoms with E-state index in [2.05, 4.69) is 9.72 Å². The van der Waals surface area contributed by atoms with Crippen molar-refractivity contribution in [2.75, 3.05) is 0 Å². The van der Waals surface area contributed by atoms with Gasteiger partial charge in [0.2, 0.25) is 0 Å². The van der Waals surface area contributed by atoms with E-state index in [1.165, 1.54) is 0 Å². The highest BCUT2D eigenvalue weighted by molar-refractivity contribution is 5.83. The van der Waals surface area contributed by atoms with E-state index in [-0.39, 0.29) is 6.29 Å². The molecule has 1 rings (SSSR count). The maximum absolute atomic E-state index is 12.2. The number of aromatic hydroxyl groups is 1. The lowest BCUT2D eigenvalue weighted by molar-refractivity contribution is -0.274. The first-order chi connectivity index (χ1) is 7.76. The Morgan fingerprint density at radius 3 is 2.41 bits per heavy atom. The molecule has 0 bridgehead atoms. The average molecular weight is 257 g/mol. The molecule has 94 valence electrons. The van der Waals surface area contributed by atoms with Crippen LogP contribution in [-0.4, -0.2) is 22.7 Å². The smallest absolute Gasteiger partial charge is 0.505 e. The van der Waals surface area contributed by atoms with Gasteiger partial charge in [0.1, 0.15) is 11.3 Å². The van der Waals surface area contributed by atoms with Gasteiger partial charge in [-0.1, -0.05) is 0 Å². The summed E-state index contributed by atoms with van der Waals surface area (Å²) in [6.45, 7) is 0. The summed E-state index contributed by atoms with van der Waals surface area (Å²) in [6.07, 6.45) is -8.30. The number of carbonyl (C=O) groups is 1. The van der Waals surface area contributed by atoms with E-state index in [0.717, 1.165) is 0 Å². The molecule has 4 nitrogen and oxygen atoms in total. The van der Waals surface area contributed by atoms with Gasteiger partial charge in [-0.15, -0.1) is 13.2 Å². The highest BCUT2D eigenvalue weighted by atomic mass is 19.4. The van der Waals surface area contributed by atoms with Gasteiger partial charge < -0.3 is 9.84 Å². The van der Waals surface area contributed by atoms with Crippen LogP contribution in [0.4, 0.5) is 22.0 Å². The summed E-state index contributed by atoms with van der Waals surface area (Å²) in [5.41, 5.74) is -2.23. The number of ether oxygens (including phenoxy) is 1. The summed E-state index contributed by atoms with van der Waals surface area (Å²) >= 11 is 0. The molecule has 1 N–H and O–H groups in total. The molecule has 0 aromatic carbocycles. The zero-order valence-electron chi connectivity index (χ0n) is 7.83. The fraction of sp³-hybridized carbons (Fsp3) is 0.250. The Labute approximate surface area is 90.6 Å². The van der Waals surface area contributed by atoms with E-state index in [4.69, 9.17) is 5.11 Å². The lowest BCUT2D eigenvalue weighted by Crippen LogP contribution is -2.18. The second-order valence-corrected chi connectivity index (χ2v) is 2.74. The first-order valence-corrected chi connectivity index (χ1v) is 3.97. The number of pyridine rings is 1. The van der Waals surface area contributed by atoms with Crippen LogP contribution < -0.4 is 4.74 Å². The number of halogens is 5. The number of aromatic nitrogens is 1. The summed E-state index contributed by atoms with van der Waals surface area (Å²) in [5, 5.41) is 9.12. The monoisotopic (exact) mass is 257 g/mol. The predicted molar refractivity (Wildman–Crippen MR) is 42.9 cm³/mol. The van der Waals surface area contributed by atoms with Crippen LogP contribution in [0, 0.1) is 0 Å². The van der Waals surface area contributed by atoms with Crippen molar-refractivity contribution < 1.29 is 36.6 Å². The van der Waals surface area contributed by atoms with Crippen LogP contribution in [0.3, 0.4) is 0 Å². The third-order valence-electron chi connectivity index (χ3n) is 1.63. The van der Waals surface area contributed by atoms with E-state index in [0.29, 0.717) is 6.20 Å². The summed E-state index contributed by atoms with van der Waals surface area (Å²) in [5.74, 6) is -2.48. The van der Waals surface area contributed by atoms with Crippen LogP contribution in [-0.2, 0) is 0 Å². The minimum atomic E-state index is -5.13. The molecule has 0 radical (unpaired) electrons. The van der Waals surface area contributed by atoms with E-state index >= 15 is 0 Å². The van der Waals surface area contributed by atoms with Crippen molar-refractivity contribution >= 4 is 6.29 Å². The molecular weight excluding hydrogens is 253 g/mol. The van der Waals surface area contributed by atoms with Crippen LogP contribution in [0.5, 0.6) is 11.5 Å². The van der Waals surface area contributed by atoms with Gasteiger partial charge in [-0.3, -0.25) is 4.79 Å². The molecule has 9 heteroatoms. The number of alkyl halides is 5. The number of aldehydes is 1. The minimum Gasteiger partial charge on any atom is -0.505 e. The number of hydrogen-bond acceptors (Lipinski definition) is 4. The van der Waals surface area contributed by atoms with E-state index in [9.17, 15) is 26.7 Å². The van der Waals surface area contributed by atoms with Crippen molar-refractivity contribution in [3.05, 3.63) is 17.5 Å². The minimum absolute atomic E-state index is 0.232. The molecule has 0 aliphatic rings. The standard InChI is InChI=1S/C8H4F5NO3/c9-7(10)5-6(16)3(2-15)4(1-14-5)17-8(11,12)13/h1-2,7,16H. The lowest BCUT2D eigenvalue weighted by atomic mass is 10.2. The first-order valence-electron chi connectivity index (χ1n) is 3.97. The second kappa shape index (κ2) is 4.52. The fourth-order valence-corrected chi connectivity index (χ4v) is 0.993. The van der Waals surface area contributed by atoms with Crippen molar-refractivity contribution in [2.45, 2.75) is 12.8 Å². The number of carbonyl (C=O) groups excluding carboxylic acids is 1. The maximum atomic E-state index is 12.2. The Morgan fingerprint density at radius 2 is 2.00 bits per heavy atom. The van der Waals surface area contributed by atoms with Crippen LogP contribution in [0.1, 0.15) is 22.5 Å². The van der Waals surface area contributed by atoms with Crippen molar-refractivity contribution in [1.82, 2.24) is 4.98 Å². The molecule has 0 saturated heterocycles. The highest BCUT2D eigenvalue weighted by Crippen LogP contribution is 2.35. The van der Waals surface area contributed by atoms with Gasteiger partial charge in [-0.2, -0.15) is 0 Å². The van der Waals surface area contributed by atoms with Crippen LogP contribution >= 0.6 is 0 Å². The van der Waals surface area contributed by atoms with Crippen molar-refractivity contribution in [2.24, 2.45) is 0 Å². The Morgan fingerprint density at radius 1 is 1.41 bits per heavy atom. The number of hydrogen-bond donors (Lipinski definition) is 1. The summed E-state index contributed by atoms with van der Waals surface area (Å²) < 4.78 is 63.3. The molecule has 0 amide bonds. The van der Waals surface area contributed by atoms with E-state index < -0.39 is 35.5 Å². The summed E-state index contributed by atoms with van der Waals surface area (Å²) in [4.78, 5) is 13.3. The fourth-order valence-electron chi connectivity index (χ4n) is 0.993. The van der Waals surface area contributed by atoms with Gasteiger partial charge >= 0.3 is 6.36 Å². The lowest BCUT2D eigenvalue weighted by Gasteiger charge is -2.12. The second-order valence-electron chi connectivity index (χ2n) is 2.74. The van der Waals surface area contributed by atoms with Crippen LogP contribution in [0.25, 0.3) is 0 Å². The average Bonchev–Trinajstić information content (AvgIpc) is 2.15. The molecule has 0 aliphatic heterocycles. The molecule has 0 fully saturated rings. The summed E-state index contributed by atoms with van der Waals surface area (Å²) in [6, 6.07) is 0. The van der Waals surface area contributed by atoms with Crippen LogP contribution in [0.15, 0.2) is 6.20 Å². The Balaban J connectivity index is 3.26. The molecule has 0 atom stereocenters. The number of rotatable bonds is 3. The zero-order chi connectivity index (χ0) is 13.2. The van der Waals surface area contributed by atoms with E-state index in [1.807, 2.05) is 0 Å². The molecule has 0 unspecified atom stereocenters. The normalized spacial score (nSPS) is 11.6. The molecule has 0 saturated carbocycles. The van der Waals surface area contributed by atoms with Crippen molar-refractivity contribution in [3.63, 3.8) is 0 Å². The zero-order valence-corrected chi connectivity index (χ0v) is 7.83. The van der Waals surface area contributed by atoms with Gasteiger partial charge in [0, 0.05) is 0 Å². The van der Waals surface area contributed by atoms with E-state index in [1.54, 1.807) is 0 Å². The van der Waals surface area contributed by atoms with Crippen molar-refractivity contribution in [1.29, 1.82) is 0 Å². The Bertz CT molecular complexity index is 432. The summed E-state index contributed by atoms with van der Waals surface area (Å²) in [7, 11) is 0. The first kappa shape index (κ1) is 13.1. The topological polar surface area (TPSA) is 59.4 Å². The van der Waals surface area contributed by atoms with Gasteiger partial charge in [0.25, 0.3) is 6.43 Å². The third kappa shape index (κ3) is 3.02. The van der Waals surface area contributed by atoms with Crippen LogP contribution in [0.2, 0.25) is 0 Å². The molecular formula is C8H4F5NO3. The number of nitrogens with zero attached hydrogens (tertiary/aromatic N) is 1. The molecule has 0 spiro atoms. The SMILES string of the molecule is O=Cc1c(OC(F)(F)F)cnc(C(F)F)c1O. The quantitative estimate of drug-likeness (QED) is 0.667. The van der Waals surface area contributed by atoms with Crippen molar-refractivity contribution in [3.8, 4) is 11.5 Å². The molecule has 17 heavy (non-hydrogen) atoms. The third-order valence-corrected chi connectivity index (χ3v) is 1.63. The Kier molecular flexibility index (Phi) is 3.49. The largest absolute Gasteiger partial charge is 0.573 e. The van der Waals surface area contributed by atoms with Gasteiger partial charge in [-0.05, 0) is 0 Å². The van der Waals surface area contributed by atoms with Gasteiger partial charge in [0.05, 0.1) is 6.20 Å². The molecule has 0 aliphatic carbocycles. The maximum Gasteiger partial charge on any atom is 0.573 e. The van der Waals surface area contributed by atoms with Gasteiger partial charge in [-0.25, -0.2) is 13.8 Å². The predicted octanol–water partition coefficient (Wildman–Crippen LogP) is 2.44. The molecule has 1 aromatic rings. The molecule has 1 aromatic heterocycles.